The van der Waals surface area contributed by atoms with Gasteiger partial charge in [-0.3, -0.25) is 4.90 Å². The van der Waals surface area contributed by atoms with Crippen molar-refractivity contribution in [2.24, 2.45) is 0 Å². The van der Waals surface area contributed by atoms with E-state index in [1.54, 1.807) is 26.4 Å². The molecule has 1 N–H and O–H groups in total. The van der Waals surface area contributed by atoms with Crippen molar-refractivity contribution >= 4 is 0 Å². The number of ether oxygens (including phenoxy) is 2. The molecule has 1 atom stereocenters. The largest absolute Gasteiger partial charge is 0.493 e. The van der Waals surface area contributed by atoms with Crippen LogP contribution in [0.4, 0.5) is 13.2 Å². The lowest BCUT2D eigenvalue weighted by molar-refractivity contribution is -0.137. The SMILES string of the molecule is COc1cccc(C(c2ccc(C(F)(F)F)cc2)N2CCCNCC2)c1OC. The summed E-state index contributed by atoms with van der Waals surface area (Å²) in [6.45, 7) is 3.36. The molecule has 1 aliphatic rings. The molecule has 7 heteroatoms. The Balaban J connectivity index is 2.08. The van der Waals surface area contributed by atoms with Gasteiger partial charge in [0.05, 0.1) is 25.8 Å². The van der Waals surface area contributed by atoms with Crippen molar-refractivity contribution in [2.45, 2.75) is 18.6 Å². The van der Waals surface area contributed by atoms with Crippen molar-refractivity contribution in [3.05, 3.63) is 59.2 Å². The standard InChI is InChI=1S/C21H25F3N2O2/c1-27-18-6-3-5-17(20(18)28-2)19(26-13-4-11-25-12-14-26)15-7-9-16(10-8-15)21(22,23)24/h3,5-10,19,25H,4,11-14H2,1-2H3. The number of alkyl halides is 3. The summed E-state index contributed by atoms with van der Waals surface area (Å²) in [7, 11) is 3.15. The molecule has 152 valence electrons. The fraction of sp³-hybridized carbons (Fsp3) is 0.429. The summed E-state index contributed by atoms with van der Waals surface area (Å²) < 4.78 is 50.1. The molecule has 0 aliphatic carbocycles. The van der Waals surface area contributed by atoms with E-state index in [2.05, 4.69) is 10.2 Å². The summed E-state index contributed by atoms with van der Waals surface area (Å²) in [5, 5.41) is 3.37. The first-order valence-corrected chi connectivity index (χ1v) is 9.28. The molecule has 2 aromatic rings. The summed E-state index contributed by atoms with van der Waals surface area (Å²) in [6.07, 6.45) is -3.39. The lowest BCUT2D eigenvalue weighted by atomic mass is 9.94. The van der Waals surface area contributed by atoms with E-state index in [0.717, 1.165) is 55.9 Å². The zero-order chi connectivity index (χ0) is 20.1. The Hall–Kier alpha value is -2.25. The van der Waals surface area contributed by atoms with Gasteiger partial charge in [-0.1, -0.05) is 24.3 Å². The molecule has 4 nitrogen and oxygen atoms in total. The number of para-hydroxylation sites is 1. The van der Waals surface area contributed by atoms with Crippen LogP contribution in [-0.2, 0) is 6.18 Å². The van der Waals surface area contributed by atoms with E-state index < -0.39 is 11.7 Å². The molecule has 0 spiro atoms. The number of hydrogen-bond acceptors (Lipinski definition) is 4. The van der Waals surface area contributed by atoms with Crippen molar-refractivity contribution in [2.75, 3.05) is 40.4 Å². The minimum Gasteiger partial charge on any atom is -0.493 e. The summed E-state index contributed by atoms with van der Waals surface area (Å²) in [6, 6.07) is 10.8. The fourth-order valence-corrected chi connectivity index (χ4v) is 3.69. The quantitative estimate of drug-likeness (QED) is 0.828. The summed E-state index contributed by atoms with van der Waals surface area (Å²) in [5.74, 6) is 1.21. The number of halogens is 3. The Kier molecular flexibility index (Phi) is 6.46. The molecular weight excluding hydrogens is 369 g/mol. The lowest BCUT2D eigenvalue weighted by Gasteiger charge is -2.32. The second-order valence-corrected chi connectivity index (χ2v) is 6.74. The van der Waals surface area contributed by atoms with Crippen LogP contribution in [0.3, 0.4) is 0 Å². The molecule has 2 aromatic carbocycles. The second kappa shape index (κ2) is 8.84. The highest BCUT2D eigenvalue weighted by Crippen LogP contribution is 2.41. The minimum atomic E-state index is -4.35. The summed E-state index contributed by atoms with van der Waals surface area (Å²) >= 11 is 0. The van der Waals surface area contributed by atoms with E-state index in [1.807, 2.05) is 18.2 Å². The first-order chi connectivity index (χ1) is 13.5. The van der Waals surface area contributed by atoms with Crippen molar-refractivity contribution in [3.63, 3.8) is 0 Å². The van der Waals surface area contributed by atoms with E-state index in [0.29, 0.717) is 11.5 Å². The zero-order valence-corrected chi connectivity index (χ0v) is 16.1. The van der Waals surface area contributed by atoms with Crippen LogP contribution in [0, 0.1) is 0 Å². The maximum absolute atomic E-state index is 13.0. The van der Waals surface area contributed by atoms with Crippen LogP contribution in [0.15, 0.2) is 42.5 Å². The predicted molar refractivity (Wildman–Crippen MR) is 102 cm³/mol. The summed E-state index contributed by atoms with van der Waals surface area (Å²) in [5.41, 5.74) is 1.02. The number of methoxy groups -OCH3 is 2. The van der Waals surface area contributed by atoms with Crippen molar-refractivity contribution in [1.29, 1.82) is 0 Å². The van der Waals surface area contributed by atoms with Crippen LogP contribution in [0.1, 0.15) is 29.2 Å². The molecule has 1 heterocycles. The smallest absolute Gasteiger partial charge is 0.416 e. The average molecular weight is 394 g/mol. The Morgan fingerprint density at radius 1 is 0.964 bits per heavy atom. The maximum atomic E-state index is 13.0. The lowest BCUT2D eigenvalue weighted by Crippen LogP contribution is -2.33. The Bertz CT molecular complexity index is 770. The molecule has 1 unspecified atom stereocenters. The monoisotopic (exact) mass is 394 g/mol. The Morgan fingerprint density at radius 2 is 1.71 bits per heavy atom. The van der Waals surface area contributed by atoms with E-state index in [-0.39, 0.29) is 6.04 Å². The third-order valence-electron chi connectivity index (χ3n) is 5.02. The van der Waals surface area contributed by atoms with E-state index in [1.165, 1.54) is 0 Å². The summed E-state index contributed by atoms with van der Waals surface area (Å²) in [4.78, 5) is 2.28. The molecule has 1 fully saturated rings. The van der Waals surface area contributed by atoms with Crippen molar-refractivity contribution < 1.29 is 22.6 Å². The molecule has 0 bridgehead atoms. The first-order valence-electron chi connectivity index (χ1n) is 9.28. The maximum Gasteiger partial charge on any atom is 0.416 e. The molecule has 1 saturated heterocycles. The van der Waals surface area contributed by atoms with Gasteiger partial charge in [0.15, 0.2) is 11.5 Å². The minimum absolute atomic E-state index is 0.229. The van der Waals surface area contributed by atoms with Crippen molar-refractivity contribution in [1.82, 2.24) is 10.2 Å². The fourth-order valence-electron chi connectivity index (χ4n) is 3.69. The first kappa shape index (κ1) is 20.5. The number of benzene rings is 2. The van der Waals surface area contributed by atoms with Crippen LogP contribution < -0.4 is 14.8 Å². The highest BCUT2D eigenvalue weighted by atomic mass is 19.4. The second-order valence-electron chi connectivity index (χ2n) is 6.74. The van der Waals surface area contributed by atoms with Gasteiger partial charge in [0, 0.05) is 25.2 Å². The van der Waals surface area contributed by atoms with E-state index in [4.69, 9.17) is 9.47 Å². The van der Waals surface area contributed by atoms with Gasteiger partial charge in [0.25, 0.3) is 0 Å². The Morgan fingerprint density at radius 3 is 2.36 bits per heavy atom. The molecule has 3 rings (SSSR count). The van der Waals surface area contributed by atoms with Gasteiger partial charge in [-0.05, 0) is 36.7 Å². The van der Waals surface area contributed by atoms with Gasteiger partial charge in [-0.25, -0.2) is 0 Å². The van der Waals surface area contributed by atoms with E-state index in [9.17, 15) is 13.2 Å². The molecule has 0 amide bonds. The molecule has 0 radical (unpaired) electrons. The molecule has 0 aromatic heterocycles. The predicted octanol–water partition coefficient (Wildman–Crippen LogP) is 4.11. The average Bonchev–Trinajstić information content (AvgIpc) is 2.97. The van der Waals surface area contributed by atoms with Gasteiger partial charge in [0.1, 0.15) is 0 Å². The number of nitrogens with zero attached hydrogens (tertiary/aromatic N) is 1. The zero-order valence-electron chi connectivity index (χ0n) is 16.1. The van der Waals surface area contributed by atoms with Gasteiger partial charge in [0.2, 0.25) is 0 Å². The van der Waals surface area contributed by atoms with Crippen LogP contribution in [-0.4, -0.2) is 45.3 Å². The van der Waals surface area contributed by atoms with Gasteiger partial charge in [-0.2, -0.15) is 13.2 Å². The highest BCUT2D eigenvalue weighted by Gasteiger charge is 2.32. The van der Waals surface area contributed by atoms with Crippen molar-refractivity contribution in [3.8, 4) is 11.5 Å². The normalized spacial score (nSPS) is 17.0. The molecule has 1 aliphatic heterocycles. The number of hydrogen-bond donors (Lipinski definition) is 1. The molecule has 0 saturated carbocycles. The molecule has 28 heavy (non-hydrogen) atoms. The topological polar surface area (TPSA) is 33.7 Å². The third kappa shape index (κ3) is 4.42. The van der Waals surface area contributed by atoms with Crippen LogP contribution in [0.2, 0.25) is 0 Å². The van der Waals surface area contributed by atoms with Crippen LogP contribution in [0.5, 0.6) is 11.5 Å². The van der Waals surface area contributed by atoms with E-state index >= 15 is 0 Å². The number of nitrogens with one attached hydrogen (secondary N) is 1. The van der Waals surface area contributed by atoms with Crippen LogP contribution >= 0.6 is 0 Å². The number of rotatable bonds is 5. The third-order valence-corrected chi connectivity index (χ3v) is 5.02. The Labute approximate surface area is 163 Å². The van der Waals surface area contributed by atoms with Gasteiger partial charge >= 0.3 is 6.18 Å². The van der Waals surface area contributed by atoms with Crippen LogP contribution in [0.25, 0.3) is 0 Å². The molecular formula is C21H25F3N2O2. The highest BCUT2D eigenvalue weighted by molar-refractivity contribution is 5.51. The van der Waals surface area contributed by atoms with Gasteiger partial charge < -0.3 is 14.8 Å². The van der Waals surface area contributed by atoms with Gasteiger partial charge in [-0.15, -0.1) is 0 Å².